The summed E-state index contributed by atoms with van der Waals surface area (Å²) in [5.41, 5.74) is 1.72. The Morgan fingerprint density at radius 1 is 1.33 bits per heavy atom. The van der Waals surface area contributed by atoms with E-state index in [1.54, 1.807) is 6.92 Å². The first-order valence-corrected chi connectivity index (χ1v) is 7.43. The van der Waals surface area contributed by atoms with Crippen molar-refractivity contribution in [1.82, 2.24) is 10.3 Å². The number of aliphatic carboxylic acids is 1. The van der Waals surface area contributed by atoms with E-state index < -0.39 is 5.97 Å². The fourth-order valence-electron chi connectivity index (χ4n) is 1.90. The van der Waals surface area contributed by atoms with E-state index in [4.69, 9.17) is 5.11 Å². The molecule has 110 valence electrons. The molecule has 1 atom stereocenters. The summed E-state index contributed by atoms with van der Waals surface area (Å²) in [5, 5.41) is 14.0. The fourth-order valence-corrected chi connectivity index (χ4v) is 2.73. The number of nitrogens with one attached hydrogen (secondary N) is 1. The lowest BCUT2D eigenvalue weighted by atomic mass is 10.2. The Labute approximate surface area is 126 Å². The van der Waals surface area contributed by atoms with E-state index in [2.05, 4.69) is 10.3 Å². The highest BCUT2D eigenvalue weighted by Crippen LogP contribution is 2.23. The summed E-state index contributed by atoms with van der Waals surface area (Å²) in [6, 6.07) is 9.38. The SMILES string of the molecule is CC(CC(=O)O)NC(=O)Cc1csc(-c2ccccc2)n1. The van der Waals surface area contributed by atoms with Crippen LogP contribution in [0, 0.1) is 0 Å². The van der Waals surface area contributed by atoms with Crippen molar-refractivity contribution in [2.75, 3.05) is 0 Å². The minimum atomic E-state index is -0.928. The summed E-state index contributed by atoms with van der Waals surface area (Å²) >= 11 is 1.49. The zero-order valence-electron chi connectivity index (χ0n) is 11.6. The summed E-state index contributed by atoms with van der Waals surface area (Å²) in [6.45, 7) is 1.67. The maximum absolute atomic E-state index is 11.8. The monoisotopic (exact) mass is 304 g/mol. The first kappa shape index (κ1) is 15.2. The zero-order valence-corrected chi connectivity index (χ0v) is 12.4. The van der Waals surface area contributed by atoms with Crippen molar-refractivity contribution in [1.29, 1.82) is 0 Å². The molecule has 0 saturated heterocycles. The van der Waals surface area contributed by atoms with Crippen molar-refractivity contribution in [3.63, 3.8) is 0 Å². The number of aromatic nitrogens is 1. The van der Waals surface area contributed by atoms with Gasteiger partial charge in [0.05, 0.1) is 18.5 Å². The van der Waals surface area contributed by atoms with E-state index in [1.165, 1.54) is 11.3 Å². The van der Waals surface area contributed by atoms with Gasteiger partial charge in [0.15, 0.2) is 0 Å². The molecule has 6 heteroatoms. The van der Waals surface area contributed by atoms with Crippen molar-refractivity contribution >= 4 is 23.2 Å². The van der Waals surface area contributed by atoms with Crippen LogP contribution in [0.3, 0.4) is 0 Å². The lowest BCUT2D eigenvalue weighted by Gasteiger charge is -2.10. The number of benzene rings is 1. The van der Waals surface area contributed by atoms with E-state index in [-0.39, 0.29) is 24.8 Å². The largest absolute Gasteiger partial charge is 0.481 e. The molecule has 5 nitrogen and oxygen atoms in total. The average Bonchev–Trinajstić information content (AvgIpc) is 2.86. The fraction of sp³-hybridized carbons (Fsp3) is 0.267. The minimum absolute atomic E-state index is 0.0852. The second-order valence-electron chi connectivity index (χ2n) is 4.75. The third-order valence-corrected chi connectivity index (χ3v) is 3.74. The van der Waals surface area contributed by atoms with Gasteiger partial charge in [0.2, 0.25) is 5.91 Å². The Morgan fingerprint density at radius 2 is 2.05 bits per heavy atom. The molecule has 1 aromatic heterocycles. The molecule has 1 unspecified atom stereocenters. The molecule has 0 aliphatic carbocycles. The molecule has 21 heavy (non-hydrogen) atoms. The van der Waals surface area contributed by atoms with Gasteiger partial charge < -0.3 is 10.4 Å². The van der Waals surface area contributed by atoms with Crippen LogP contribution in [0.1, 0.15) is 19.0 Å². The first-order valence-electron chi connectivity index (χ1n) is 6.55. The minimum Gasteiger partial charge on any atom is -0.481 e. The number of thiazole rings is 1. The average molecular weight is 304 g/mol. The Bertz CT molecular complexity index is 625. The summed E-state index contributed by atoms with van der Waals surface area (Å²) in [7, 11) is 0. The first-order chi connectivity index (χ1) is 10.0. The quantitative estimate of drug-likeness (QED) is 0.858. The number of hydrogen-bond donors (Lipinski definition) is 2. The summed E-state index contributed by atoms with van der Waals surface area (Å²) < 4.78 is 0. The van der Waals surface area contributed by atoms with Crippen molar-refractivity contribution < 1.29 is 14.7 Å². The number of rotatable bonds is 6. The van der Waals surface area contributed by atoms with Gasteiger partial charge in [-0.3, -0.25) is 9.59 Å². The number of carbonyl (C=O) groups is 2. The Morgan fingerprint density at radius 3 is 2.71 bits per heavy atom. The summed E-state index contributed by atoms with van der Waals surface area (Å²) in [6.07, 6.45) is 0.0748. The normalized spacial score (nSPS) is 11.9. The zero-order chi connectivity index (χ0) is 15.2. The second-order valence-corrected chi connectivity index (χ2v) is 5.61. The molecular weight excluding hydrogens is 288 g/mol. The van der Waals surface area contributed by atoms with Gasteiger partial charge in [0, 0.05) is 17.0 Å². The van der Waals surface area contributed by atoms with Gasteiger partial charge in [-0.2, -0.15) is 0 Å². The van der Waals surface area contributed by atoms with Crippen molar-refractivity contribution in [3.8, 4) is 10.6 Å². The van der Waals surface area contributed by atoms with E-state index in [0.29, 0.717) is 5.69 Å². The molecular formula is C15H16N2O3S. The number of hydrogen-bond acceptors (Lipinski definition) is 4. The molecule has 1 aromatic carbocycles. The van der Waals surface area contributed by atoms with Crippen LogP contribution in [0.5, 0.6) is 0 Å². The molecule has 2 N–H and O–H groups in total. The van der Waals surface area contributed by atoms with Crippen molar-refractivity contribution in [2.24, 2.45) is 0 Å². The Kier molecular flexibility index (Phi) is 5.05. The van der Waals surface area contributed by atoms with Gasteiger partial charge in [0.1, 0.15) is 5.01 Å². The molecule has 2 aromatic rings. The molecule has 0 aliphatic heterocycles. The van der Waals surface area contributed by atoms with Crippen LogP contribution in [0.2, 0.25) is 0 Å². The topological polar surface area (TPSA) is 79.3 Å². The Hall–Kier alpha value is -2.21. The highest BCUT2D eigenvalue weighted by Gasteiger charge is 2.13. The third kappa shape index (κ3) is 4.68. The molecule has 1 amide bonds. The van der Waals surface area contributed by atoms with E-state index in [1.807, 2.05) is 35.7 Å². The molecule has 0 fully saturated rings. The summed E-state index contributed by atoms with van der Waals surface area (Å²) in [4.78, 5) is 26.8. The molecule has 0 radical (unpaired) electrons. The van der Waals surface area contributed by atoms with Crippen LogP contribution in [0.4, 0.5) is 0 Å². The number of carbonyl (C=O) groups excluding carboxylic acids is 1. The van der Waals surface area contributed by atoms with Crippen LogP contribution < -0.4 is 5.32 Å². The lowest BCUT2D eigenvalue weighted by molar-refractivity contribution is -0.137. The highest BCUT2D eigenvalue weighted by molar-refractivity contribution is 7.13. The van der Waals surface area contributed by atoms with Crippen molar-refractivity contribution in [3.05, 3.63) is 41.4 Å². The van der Waals surface area contributed by atoms with Gasteiger partial charge >= 0.3 is 5.97 Å². The molecule has 0 bridgehead atoms. The maximum Gasteiger partial charge on any atom is 0.305 e. The van der Waals surface area contributed by atoms with E-state index in [9.17, 15) is 9.59 Å². The van der Waals surface area contributed by atoms with Crippen LogP contribution in [-0.2, 0) is 16.0 Å². The molecule has 0 aliphatic rings. The van der Waals surface area contributed by atoms with Gasteiger partial charge in [-0.05, 0) is 6.92 Å². The number of amides is 1. The van der Waals surface area contributed by atoms with E-state index in [0.717, 1.165) is 10.6 Å². The number of carboxylic acids is 1. The number of carboxylic acid groups (broad SMARTS) is 1. The maximum atomic E-state index is 11.8. The standard InChI is InChI=1S/C15H16N2O3S/c1-10(7-14(19)20)16-13(18)8-12-9-21-15(17-12)11-5-3-2-4-6-11/h2-6,9-10H,7-8H2,1H3,(H,16,18)(H,19,20). The van der Waals surface area contributed by atoms with Crippen LogP contribution in [0.25, 0.3) is 10.6 Å². The highest BCUT2D eigenvalue weighted by atomic mass is 32.1. The number of nitrogens with zero attached hydrogens (tertiary/aromatic N) is 1. The van der Waals surface area contributed by atoms with Crippen LogP contribution in [-0.4, -0.2) is 28.0 Å². The van der Waals surface area contributed by atoms with E-state index >= 15 is 0 Å². The molecule has 1 heterocycles. The third-order valence-electron chi connectivity index (χ3n) is 2.80. The van der Waals surface area contributed by atoms with Gasteiger partial charge in [-0.15, -0.1) is 11.3 Å². The molecule has 2 rings (SSSR count). The predicted octanol–water partition coefficient (Wildman–Crippen LogP) is 2.33. The predicted molar refractivity (Wildman–Crippen MR) is 81.1 cm³/mol. The van der Waals surface area contributed by atoms with Crippen LogP contribution >= 0.6 is 11.3 Å². The molecule has 0 saturated carbocycles. The van der Waals surface area contributed by atoms with Gasteiger partial charge in [-0.1, -0.05) is 30.3 Å². The second kappa shape index (κ2) is 6.99. The van der Waals surface area contributed by atoms with Gasteiger partial charge in [0.25, 0.3) is 0 Å². The van der Waals surface area contributed by atoms with Crippen LogP contribution in [0.15, 0.2) is 35.7 Å². The Balaban J connectivity index is 1.93. The smallest absolute Gasteiger partial charge is 0.305 e. The molecule has 0 spiro atoms. The summed E-state index contributed by atoms with van der Waals surface area (Å²) in [5.74, 6) is -1.14. The van der Waals surface area contributed by atoms with Crippen molar-refractivity contribution in [2.45, 2.75) is 25.8 Å². The van der Waals surface area contributed by atoms with Gasteiger partial charge in [-0.25, -0.2) is 4.98 Å². The lowest BCUT2D eigenvalue weighted by Crippen LogP contribution is -2.35.